The first-order chi connectivity index (χ1) is 14.7. The highest BCUT2D eigenvalue weighted by Gasteiger charge is 2.14. The van der Waals surface area contributed by atoms with Gasteiger partial charge >= 0.3 is 0 Å². The van der Waals surface area contributed by atoms with E-state index in [9.17, 15) is 14.3 Å². The molecule has 1 aromatic heterocycles. The topological polar surface area (TPSA) is 65.1 Å². The van der Waals surface area contributed by atoms with E-state index in [4.69, 9.17) is 0 Å². The molecule has 0 bridgehead atoms. The lowest BCUT2D eigenvalue weighted by molar-refractivity contribution is -0.121. The van der Waals surface area contributed by atoms with Crippen LogP contribution in [0.5, 0.6) is 0 Å². The van der Waals surface area contributed by atoms with Gasteiger partial charge in [-0.25, -0.2) is 4.39 Å². The zero-order valence-electron chi connectivity index (χ0n) is 16.5. The molecular formula is C25H23FN2O2. The number of aliphatic hydroxyl groups is 1. The van der Waals surface area contributed by atoms with E-state index < -0.39 is 0 Å². The van der Waals surface area contributed by atoms with Crippen LogP contribution in [-0.4, -0.2) is 16.0 Å². The summed E-state index contributed by atoms with van der Waals surface area (Å²) in [5.74, 6) is -0.336. The number of para-hydroxylation sites is 1. The van der Waals surface area contributed by atoms with E-state index in [1.165, 1.54) is 12.1 Å². The molecule has 4 rings (SSSR count). The third kappa shape index (κ3) is 4.26. The number of aliphatic hydroxyl groups excluding tert-OH is 1. The fourth-order valence-electron chi connectivity index (χ4n) is 3.73. The maximum absolute atomic E-state index is 13.4. The molecule has 152 valence electrons. The van der Waals surface area contributed by atoms with Crippen molar-refractivity contribution in [3.8, 4) is 11.3 Å². The van der Waals surface area contributed by atoms with Crippen LogP contribution >= 0.6 is 0 Å². The average molecular weight is 402 g/mol. The van der Waals surface area contributed by atoms with E-state index in [1.54, 1.807) is 12.1 Å². The summed E-state index contributed by atoms with van der Waals surface area (Å²) in [5, 5.41) is 13.4. The Hall–Kier alpha value is -3.44. The molecule has 0 atom stereocenters. The van der Waals surface area contributed by atoms with Crippen molar-refractivity contribution in [3.63, 3.8) is 0 Å². The van der Waals surface area contributed by atoms with Crippen LogP contribution in [0.4, 0.5) is 4.39 Å². The van der Waals surface area contributed by atoms with Crippen molar-refractivity contribution in [2.24, 2.45) is 0 Å². The highest BCUT2D eigenvalue weighted by atomic mass is 19.1. The number of carbonyl (C=O) groups is 1. The van der Waals surface area contributed by atoms with E-state index in [0.29, 0.717) is 19.4 Å². The number of nitrogens with one attached hydrogen (secondary N) is 2. The molecule has 0 saturated heterocycles. The number of aromatic amines is 1. The van der Waals surface area contributed by atoms with Gasteiger partial charge in [-0.3, -0.25) is 4.79 Å². The highest BCUT2D eigenvalue weighted by Crippen LogP contribution is 2.31. The Morgan fingerprint density at radius 2 is 1.63 bits per heavy atom. The summed E-state index contributed by atoms with van der Waals surface area (Å²) in [4.78, 5) is 15.9. The Morgan fingerprint density at radius 1 is 0.933 bits per heavy atom. The number of hydrogen-bond donors (Lipinski definition) is 3. The summed E-state index contributed by atoms with van der Waals surface area (Å²) < 4.78 is 13.4. The number of benzene rings is 3. The maximum Gasteiger partial charge on any atom is 0.220 e. The first-order valence-corrected chi connectivity index (χ1v) is 9.95. The maximum atomic E-state index is 13.4. The van der Waals surface area contributed by atoms with Crippen LogP contribution in [-0.2, 0) is 24.4 Å². The largest absolute Gasteiger partial charge is 0.392 e. The molecule has 1 amide bonds. The van der Waals surface area contributed by atoms with Crippen LogP contribution in [0.1, 0.15) is 23.1 Å². The standard InChI is InChI=1S/C25H23FN2O2/c26-20-11-9-17(10-12-20)25-22(21-7-3-4-8-23(21)28-25)13-14-24(30)27-15-18-5-1-2-6-19(18)16-29/h1-12,28-29H,13-16H2,(H,27,30). The van der Waals surface area contributed by atoms with Gasteiger partial charge in [0.1, 0.15) is 5.82 Å². The number of hydrogen-bond acceptors (Lipinski definition) is 2. The Morgan fingerprint density at radius 3 is 2.40 bits per heavy atom. The number of halogens is 1. The van der Waals surface area contributed by atoms with Crippen molar-refractivity contribution in [2.75, 3.05) is 0 Å². The molecule has 0 aliphatic heterocycles. The molecule has 0 spiro atoms. The van der Waals surface area contributed by atoms with Gasteiger partial charge in [0.2, 0.25) is 5.91 Å². The number of aryl methyl sites for hydroxylation is 1. The molecule has 5 heteroatoms. The molecule has 0 radical (unpaired) electrons. The lowest BCUT2D eigenvalue weighted by Gasteiger charge is -2.10. The van der Waals surface area contributed by atoms with Crippen molar-refractivity contribution in [1.82, 2.24) is 10.3 Å². The fourth-order valence-corrected chi connectivity index (χ4v) is 3.73. The normalized spacial score (nSPS) is 11.0. The van der Waals surface area contributed by atoms with Crippen LogP contribution in [0, 0.1) is 5.82 Å². The van der Waals surface area contributed by atoms with Crippen LogP contribution in [0.15, 0.2) is 72.8 Å². The second-order valence-electron chi connectivity index (χ2n) is 7.23. The summed E-state index contributed by atoms with van der Waals surface area (Å²) in [7, 11) is 0. The van der Waals surface area contributed by atoms with E-state index in [1.807, 2.05) is 48.5 Å². The van der Waals surface area contributed by atoms with E-state index in [2.05, 4.69) is 10.3 Å². The summed E-state index contributed by atoms with van der Waals surface area (Å²) in [5.41, 5.74) is 5.56. The van der Waals surface area contributed by atoms with Gasteiger partial charge in [0.05, 0.1) is 6.61 Å². The molecule has 4 nitrogen and oxygen atoms in total. The molecular weight excluding hydrogens is 379 g/mol. The van der Waals surface area contributed by atoms with Crippen molar-refractivity contribution in [1.29, 1.82) is 0 Å². The van der Waals surface area contributed by atoms with Gasteiger partial charge in [0.25, 0.3) is 0 Å². The quantitative estimate of drug-likeness (QED) is 0.419. The van der Waals surface area contributed by atoms with Gasteiger partial charge in [-0.05, 0) is 59.0 Å². The van der Waals surface area contributed by atoms with Gasteiger partial charge in [0.15, 0.2) is 0 Å². The first-order valence-electron chi connectivity index (χ1n) is 9.95. The van der Waals surface area contributed by atoms with Crippen molar-refractivity contribution < 1.29 is 14.3 Å². The molecule has 1 heterocycles. The minimum atomic E-state index is -0.279. The zero-order chi connectivity index (χ0) is 20.9. The zero-order valence-corrected chi connectivity index (χ0v) is 16.5. The number of amides is 1. The molecule has 3 aromatic carbocycles. The monoisotopic (exact) mass is 402 g/mol. The summed E-state index contributed by atoms with van der Waals surface area (Å²) in [6.45, 7) is 0.330. The van der Waals surface area contributed by atoms with Gasteiger partial charge in [0, 0.05) is 29.6 Å². The summed E-state index contributed by atoms with van der Waals surface area (Å²) in [6.07, 6.45) is 0.890. The van der Waals surface area contributed by atoms with Crippen LogP contribution in [0.3, 0.4) is 0 Å². The van der Waals surface area contributed by atoms with E-state index >= 15 is 0 Å². The molecule has 0 fully saturated rings. The lowest BCUT2D eigenvalue weighted by Crippen LogP contribution is -2.23. The fraction of sp³-hybridized carbons (Fsp3) is 0.160. The molecule has 3 N–H and O–H groups in total. The molecule has 0 unspecified atom stereocenters. The molecule has 0 aliphatic rings. The summed E-state index contributed by atoms with van der Waals surface area (Å²) in [6, 6.07) is 21.8. The third-order valence-corrected chi connectivity index (χ3v) is 5.31. The Kier molecular flexibility index (Phi) is 5.91. The Bertz CT molecular complexity index is 1170. The van der Waals surface area contributed by atoms with Gasteiger partial charge in [-0.1, -0.05) is 42.5 Å². The second-order valence-corrected chi connectivity index (χ2v) is 7.23. The van der Waals surface area contributed by atoms with Gasteiger partial charge < -0.3 is 15.4 Å². The molecule has 0 aliphatic carbocycles. The number of H-pyrrole nitrogens is 1. The van der Waals surface area contributed by atoms with Gasteiger partial charge in [-0.15, -0.1) is 0 Å². The van der Waals surface area contributed by atoms with E-state index in [0.717, 1.165) is 38.9 Å². The van der Waals surface area contributed by atoms with Crippen LogP contribution in [0.2, 0.25) is 0 Å². The molecule has 0 saturated carbocycles. The average Bonchev–Trinajstić information content (AvgIpc) is 3.15. The van der Waals surface area contributed by atoms with Crippen molar-refractivity contribution >= 4 is 16.8 Å². The van der Waals surface area contributed by atoms with Crippen LogP contribution in [0.25, 0.3) is 22.2 Å². The van der Waals surface area contributed by atoms with E-state index in [-0.39, 0.29) is 18.3 Å². The Balaban J connectivity index is 1.51. The van der Waals surface area contributed by atoms with Gasteiger partial charge in [-0.2, -0.15) is 0 Å². The van der Waals surface area contributed by atoms with Crippen LogP contribution < -0.4 is 5.32 Å². The third-order valence-electron chi connectivity index (χ3n) is 5.31. The predicted molar refractivity (Wildman–Crippen MR) is 116 cm³/mol. The minimum Gasteiger partial charge on any atom is -0.392 e. The molecule has 30 heavy (non-hydrogen) atoms. The number of fused-ring (bicyclic) bond motifs is 1. The minimum absolute atomic E-state index is 0.0532. The first kappa shape index (κ1) is 19.9. The number of rotatable bonds is 7. The number of aromatic nitrogens is 1. The second kappa shape index (κ2) is 8.93. The van der Waals surface area contributed by atoms with Crippen molar-refractivity contribution in [2.45, 2.75) is 26.0 Å². The lowest BCUT2D eigenvalue weighted by atomic mass is 10.0. The highest BCUT2D eigenvalue weighted by molar-refractivity contribution is 5.91. The molecule has 4 aromatic rings. The smallest absolute Gasteiger partial charge is 0.220 e. The predicted octanol–water partition coefficient (Wildman–Crippen LogP) is 4.72. The number of carbonyl (C=O) groups excluding carboxylic acids is 1. The SMILES string of the molecule is O=C(CCc1c(-c2ccc(F)cc2)[nH]c2ccccc12)NCc1ccccc1CO. The summed E-state index contributed by atoms with van der Waals surface area (Å²) >= 11 is 0. The van der Waals surface area contributed by atoms with Crippen molar-refractivity contribution in [3.05, 3.63) is 95.3 Å². The Labute approximate surface area is 174 Å².